The molecular formula is C28H28N2O2S. The lowest BCUT2D eigenvalue weighted by atomic mass is 9.60. The van der Waals surface area contributed by atoms with E-state index in [1.807, 2.05) is 12.1 Å². The summed E-state index contributed by atoms with van der Waals surface area (Å²) in [5.41, 5.74) is 4.10. The van der Waals surface area contributed by atoms with Gasteiger partial charge in [0, 0.05) is 29.4 Å². The SMILES string of the molecule is Cc1cc(O)cc2c1[C@H](c1ccccc1)[C@@H]1CCC[C@H]3[C@@H](c4ccccc4)NC(=S)N[C@@]13O2. The maximum absolute atomic E-state index is 10.5. The van der Waals surface area contributed by atoms with Crippen LogP contribution in [-0.4, -0.2) is 15.9 Å². The monoisotopic (exact) mass is 456 g/mol. The highest BCUT2D eigenvalue weighted by Crippen LogP contribution is 2.58. The molecule has 0 unspecified atom stereocenters. The molecule has 1 saturated heterocycles. The van der Waals surface area contributed by atoms with E-state index in [2.05, 4.69) is 72.2 Å². The lowest BCUT2D eigenvalue weighted by Gasteiger charge is -2.59. The lowest BCUT2D eigenvalue weighted by molar-refractivity contribution is -0.121. The van der Waals surface area contributed by atoms with Gasteiger partial charge in [-0.25, -0.2) is 0 Å². The van der Waals surface area contributed by atoms with Crippen molar-refractivity contribution in [1.29, 1.82) is 0 Å². The molecule has 5 atom stereocenters. The van der Waals surface area contributed by atoms with E-state index in [9.17, 15) is 5.11 Å². The van der Waals surface area contributed by atoms with Crippen LogP contribution < -0.4 is 15.4 Å². The number of hydrogen-bond acceptors (Lipinski definition) is 3. The minimum atomic E-state index is -0.644. The van der Waals surface area contributed by atoms with Crippen molar-refractivity contribution >= 4 is 17.3 Å². The summed E-state index contributed by atoms with van der Waals surface area (Å²) in [5, 5.41) is 18.3. The molecule has 4 nitrogen and oxygen atoms in total. The van der Waals surface area contributed by atoms with Gasteiger partial charge in [-0.05, 0) is 54.7 Å². The summed E-state index contributed by atoms with van der Waals surface area (Å²) < 4.78 is 6.96. The number of phenols is 1. The molecular weight excluding hydrogens is 428 g/mol. The number of thiocarbonyl (C=S) groups is 1. The number of benzene rings is 3. The Morgan fingerprint density at radius 2 is 1.61 bits per heavy atom. The van der Waals surface area contributed by atoms with Crippen molar-refractivity contribution in [2.45, 2.75) is 43.9 Å². The molecule has 0 amide bonds. The van der Waals surface area contributed by atoms with Gasteiger partial charge in [-0.1, -0.05) is 67.1 Å². The summed E-state index contributed by atoms with van der Waals surface area (Å²) in [6, 6.07) is 25.0. The maximum Gasteiger partial charge on any atom is 0.191 e. The van der Waals surface area contributed by atoms with E-state index in [1.54, 1.807) is 6.07 Å². The van der Waals surface area contributed by atoms with Crippen LogP contribution in [0.1, 0.15) is 53.5 Å². The topological polar surface area (TPSA) is 53.5 Å². The molecule has 3 aliphatic rings. The predicted octanol–water partition coefficient (Wildman–Crippen LogP) is 5.56. The molecule has 3 aromatic rings. The maximum atomic E-state index is 10.5. The molecule has 3 N–H and O–H groups in total. The zero-order valence-electron chi connectivity index (χ0n) is 18.6. The van der Waals surface area contributed by atoms with Crippen LogP contribution in [0.15, 0.2) is 72.8 Å². The molecule has 1 spiro atoms. The van der Waals surface area contributed by atoms with E-state index < -0.39 is 5.72 Å². The molecule has 3 aromatic carbocycles. The number of hydrogen-bond donors (Lipinski definition) is 3. The van der Waals surface area contributed by atoms with Crippen molar-refractivity contribution in [2.24, 2.45) is 11.8 Å². The lowest BCUT2D eigenvalue weighted by Crippen LogP contribution is -2.73. The Hall–Kier alpha value is -3.05. The Morgan fingerprint density at radius 3 is 2.33 bits per heavy atom. The smallest absolute Gasteiger partial charge is 0.191 e. The Bertz CT molecular complexity index is 1200. The largest absolute Gasteiger partial charge is 0.508 e. The standard InChI is InChI=1S/C28H28N2O2S/c1-17-15-20(31)16-23-24(17)25(18-9-4-2-5-10-18)21-13-8-14-22-26(19-11-6-3-7-12-19)29-27(33)30-28(21,22)32-23/h2-7,9-12,15-16,21-22,25-26,31H,8,13-14H2,1H3,(H2,29,30,33)/t21-,22-,25+,26+,28+/m0/s1. The average molecular weight is 457 g/mol. The van der Waals surface area contributed by atoms with Crippen LogP contribution in [0.4, 0.5) is 0 Å². The van der Waals surface area contributed by atoms with Crippen molar-refractivity contribution in [1.82, 2.24) is 10.6 Å². The second kappa shape index (κ2) is 7.77. The molecule has 1 aliphatic carbocycles. The van der Waals surface area contributed by atoms with E-state index in [0.29, 0.717) is 5.11 Å². The number of nitrogens with one attached hydrogen (secondary N) is 2. The number of fused-ring (bicyclic) bond motifs is 1. The van der Waals surface area contributed by atoms with E-state index in [0.717, 1.165) is 30.6 Å². The van der Waals surface area contributed by atoms with Crippen molar-refractivity contribution in [2.75, 3.05) is 0 Å². The zero-order chi connectivity index (χ0) is 22.6. The number of rotatable bonds is 2. The first kappa shape index (κ1) is 20.5. The highest BCUT2D eigenvalue weighted by molar-refractivity contribution is 7.80. The van der Waals surface area contributed by atoms with Crippen molar-refractivity contribution in [3.05, 3.63) is 95.1 Å². The summed E-state index contributed by atoms with van der Waals surface area (Å²) in [4.78, 5) is 0. The van der Waals surface area contributed by atoms with Gasteiger partial charge in [0.05, 0.1) is 6.04 Å². The quantitative estimate of drug-likeness (QED) is 0.441. The summed E-state index contributed by atoms with van der Waals surface area (Å²) in [7, 11) is 0. The normalized spacial score (nSPS) is 30.0. The second-order valence-corrected chi connectivity index (χ2v) is 10.00. The molecule has 0 bridgehead atoms. The summed E-state index contributed by atoms with van der Waals surface area (Å²) >= 11 is 5.77. The van der Waals surface area contributed by atoms with Gasteiger partial charge in [0.25, 0.3) is 0 Å². The molecule has 2 aliphatic heterocycles. The minimum Gasteiger partial charge on any atom is -0.508 e. The Morgan fingerprint density at radius 1 is 0.939 bits per heavy atom. The number of ether oxygens (including phenoxy) is 1. The van der Waals surface area contributed by atoms with Crippen LogP contribution in [-0.2, 0) is 0 Å². The Balaban J connectivity index is 1.56. The number of aromatic hydroxyl groups is 1. The van der Waals surface area contributed by atoms with E-state index in [-0.39, 0.29) is 29.5 Å². The van der Waals surface area contributed by atoms with Crippen molar-refractivity contribution < 1.29 is 9.84 Å². The first-order valence-corrected chi connectivity index (χ1v) is 12.2. The molecule has 5 heteroatoms. The van der Waals surface area contributed by atoms with Gasteiger partial charge in [-0.2, -0.15) is 0 Å². The van der Waals surface area contributed by atoms with Crippen LogP contribution in [0.5, 0.6) is 11.5 Å². The fraction of sp³-hybridized carbons (Fsp3) is 0.321. The van der Waals surface area contributed by atoms with E-state index in [4.69, 9.17) is 17.0 Å². The molecule has 2 fully saturated rings. The molecule has 168 valence electrons. The Labute approximate surface area is 200 Å². The van der Waals surface area contributed by atoms with Crippen LogP contribution in [0, 0.1) is 18.8 Å². The van der Waals surface area contributed by atoms with Gasteiger partial charge in [-0.15, -0.1) is 0 Å². The summed E-state index contributed by atoms with van der Waals surface area (Å²) in [5.74, 6) is 1.54. The van der Waals surface area contributed by atoms with E-state index >= 15 is 0 Å². The molecule has 0 aromatic heterocycles. The van der Waals surface area contributed by atoms with E-state index in [1.165, 1.54) is 16.7 Å². The number of phenolic OH excluding ortho intramolecular Hbond substituents is 1. The second-order valence-electron chi connectivity index (χ2n) is 9.59. The molecule has 6 rings (SSSR count). The third-order valence-electron chi connectivity index (χ3n) is 7.77. The molecule has 33 heavy (non-hydrogen) atoms. The van der Waals surface area contributed by atoms with Crippen molar-refractivity contribution in [3.8, 4) is 11.5 Å². The fourth-order valence-corrected chi connectivity index (χ4v) is 6.84. The van der Waals surface area contributed by atoms with Crippen LogP contribution in [0.25, 0.3) is 0 Å². The molecule has 1 saturated carbocycles. The third-order valence-corrected chi connectivity index (χ3v) is 7.99. The van der Waals surface area contributed by atoms with Gasteiger partial charge in [-0.3, -0.25) is 0 Å². The summed E-state index contributed by atoms with van der Waals surface area (Å²) in [6.07, 6.45) is 3.22. The average Bonchev–Trinajstić information content (AvgIpc) is 2.82. The highest BCUT2D eigenvalue weighted by atomic mass is 32.1. The summed E-state index contributed by atoms with van der Waals surface area (Å²) in [6.45, 7) is 2.07. The van der Waals surface area contributed by atoms with Crippen LogP contribution in [0.2, 0.25) is 0 Å². The third kappa shape index (κ3) is 3.21. The predicted molar refractivity (Wildman–Crippen MR) is 133 cm³/mol. The van der Waals surface area contributed by atoms with Crippen LogP contribution in [0.3, 0.4) is 0 Å². The first-order chi connectivity index (χ1) is 16.1. The molecule has 0 radical (unpaired) electrons. The van der Waals surface area contributed by atoms with Gasteiger partial charge >= 0.3 is 0 Å². The van der Waals surface area contributed by atoms with Gasteiger partial charge in [0.15, 0.2) is 10.8 Å². The first-order valence-electron chi connectivity index (χ1n) is 11.8. The minimum absolute atomic E-state index is 0.0686. The Kier molecular flexibility index (Phi) is 4.84. The number of aryl methyl sites for hydroxylation is 1. The van der Waals surface area contributed by atoms with Crippen molar-refractivity contribution in [3.63, 3.8) is 0 Å². The fourth-order valence-electron chi connectivity index (χ4n) is 6.56. The van der Waals surface area contributed by atoms with Crippen LogP contribution >= 0.6 is 12.2 Å². The zero-order valence-corrected chi connectivity index (χ0v) is 19.4. The van der Waals surface area contributed by atoms with Gasteiger partial charge in [0.2, 0.25) is 0 Å². The van der Waals surface area contributed by atoms with Gasteiger partial charge < -0.3 is 20.5 Å². The molecule has 2 heterocycles. The van der Waals surface area contributed by atoms with Gasteiger partial charge in [0.1, 0.15) is 11.5 Å². The highest BCUT2D eigenvalue weighted by Gasteiger charge is 2.61.